The van der Waals surface area contributed by atoms with E-state index in [2.05, 4.69) is 20.5 Å². The van der Waals surface area contributed by atoms with Crippen LogP contribution in [-0.2, 0) is 5.41 Å². The van der Waals surface area contributed by atoms with Crippen molar-refractivity contribution in [2.45, 2.75) is 64.0 Å². The minimum Gasteiger partial charge on any atom is -0.347 e. The summed E-state index contributed by atoms with van der Waals surface area (Å²) >= 11 is 0. The zero-order valence-corrected chi connectivity index (χ0v) is 11.9. The van der Waals surface area contributed by atoms with Gasteiger partial charge in [-0.25, -0.2) is 4.98 Å². The van der Waals surface area contributed by atoms with Gasteiger partial charge < -0.3 is 11.1 Å². The minimum atomic E-state index is -0.202. The number of H-pyrrole nitrogens is 1. The molecule has 0 unspecified atom stereocenters. The smallest absolute Gasteiger partial charge is 0.291 e. The molecule has 0 atom stereocenters. The van der Waals surface area contributed by atoms with E-state index in [1.54, 1.807) is 0 Å². The van der Waals surface area contributed by atoms with Crippen molar-refractivity contribution in [3.05, 3.63) is 11.6 Å². The number of nitrogens with two attached hydrogens (primary N) is 1. The first-order valence-electron chi connectivity index (χ1n) is 6.85. The standard InChI is InChI=1S/C13H23N5O/c1-13(2,3)12-16-10(17-18-12)11(19)15-9-6-4-8(14)5-7-9/h8-9H,4-7,14H2,1-3H3,(H,15,19)(H,16,17,18). The summed E-state index contributed by atoms with van der Waals surface area (Å²) in [6.45, 7) is 6.08. The summed E-state index contributed by atoms with van der Waals surface area (Å²) in [5.41, 5.74) is 5.71. The van der Waals surface area contributed by atoms with Crippen LogP contribution in [0.15, 0.2) is 0 Å². The molecular formula is C13H23N5O. The van der Waals surface area contributed by atoms with E-state index in [0.29, 0.717) is 0 Å². The van der Waals surface area contributed by atoms with Crippen LogP contribution in [0.4, 0.5) is 0 Å². The van der Waals surface area contributed by atoms with Crippen LogP contribution >= 0.6 is 0 Å². The minimum absolute atomic E-state index is 0.136. The predicted molar refractivity (Wildman–Crippen MR) is 72.8 cm³/mol. The molecule has 1 aromatic rings. The molecule has 2 rings (SSSR count). The van der Waals surface area contributed by atoms with Gasteiger partial charge in [0.05, 0.1) is 0 Å². The van der Waals surface area contributed by atoms with E-state index in [0.717, 1.165) is 31.5 Å². The summed E-state index contributed by atoms with van der Waals surface area (Å²) in [6.07, 6.45) is 3.80. The van der Waals surface area contributed by atoms with Crippen LogP contribution in [-0.4, -0.2) is 33.2 Å². The monoisotopic (exact) mass is 265 g/mol. The number of carbonyl (C=O) groups is 1. The van der Waals surface area contributed by atoms with E-state index in [1.807, 2.05) is 20.8 Å². The first-order chi connectivity index (χ1) is 8.86. The molecule has 1 aromatic heterocycles. The zero-order valence-electron chi connectivity index (χ0n) is 11.9. The molecule has 1 heterocycles. The molecule has 19 heavy (non-hydrogen) atoms. The maximum Gasteiger partial charge on any atom is 0.291 e. The van der Waals surface area contributed by atoms with Crippen molar-refractivity contribution in [2.75, 3.05) is 0 Å². The molecule has 0 bridgehead atoms. The lowest BCUT2D eigenvalue weighted by Crippen LogP contribution is -2.40. The highest BCUT2D eigenvalue weighted by molar-refractivity contribution is 5.90. The van der Waals surface area contributed by atoms with Crippen LogP contribution in [0.25, 0.3) is 0 Å². The van der Waals surface area contributed by atoms with Crippen molar-refractivity contribution in [1.82, 2.24) is 20.5 Å². The van der Waals surface area contributed by atoms with Gasteiger partial charge in [-0.2, -0.15) is 0 Å². The number of hydrogen-bond acceptors (Lipinski definition) is 4. The van der Waals surface area contributed by atoms with Gasteiger partial charge in [0.1, 0.15) is 5.82 Å². The van der Waals surface area contributed by atoms with Crippen LogP contribution in [0.2, 0.25) is 0 Å². The molecule has 0 radical (unpaired) electrons. The fraction of sp³-hybridized carbons (Fsp3) is 0.769. The molecule has 0 spiro atoms. The lowest BCUT2D eigenvalue weighted by Gasteiger charge is -2.26. The predicted octanol–water partition coefficient (Wildman–Crippen LogP) is 1.10. The number of nitrogens with one attached hydrogen (secondary N) is 2. The fourth-order valence-electron chi connectivity index (χ4n) is 2.21. The first kappa shape index (κ1) is 14.0. The largest absolute Gasteiger partial charge is 0.347 e. The number of nitrogens with zero attached hydrogens (tertiary/aromatic N) is 2. The van der Waals surface area contributed by atoms with Crippen molar-refractivity contribution < 1.29 is 4.79 Å². The van der Waals surface area contributed by atoms with Crippen molar-refractivity contribution >= 4 is 5.91 Å². The second kappa shape index (κ2) is 5.28. The Labute approximate surface area is 113 Å². The van der Waals surface area contributed by atoms with Crippen LogP contribution < -0.4 is 11.1 Å². The van der Waals surface area contributed by atoms with Gasteiger partial charge in [-0.3, -0.25) is 9.89 Å². The van der Waals surface area contributed by atoms with E-state index in [-0.39, 0.29) is 29.2 Å². The maximum absolute atomic E-state index is 12.0. The highest BCUT2D eigenvalue weighted by atomic mass is 16.2. The normalized spacial score (nSPS) is 24.2. The van der Waals surface area contributed by atoms with E-state index in [9.17, 15) is 4.79 Å². The van der Waals surface area contributed by atoms with Crippen LogP contribution in [0.5, 0.6) is 0 Å². The Bertz CT molecular complexity index is 440. The maximum atomic E-state index is 12.0. The number of rotatable bonds is 2. The second-order valence-corrected chi connectivity index (χ2v) is 6.34. The molecule has 1 aliphatic rings. The van der Waals surface area contributed by atoms with Gasteiger partial charge in [0.25, 0.3) is 5.91 Å². The van der Waals surface area contributed by atoms with Crippen molar-refractivity contribution in [3.8, 4) is 0 Å². The van der Waals surface area contributed by atoms with Crippen LogP contribution in [0, 0.1) is 0 Å². The number of hydrogen-bond donors (Lipinski definition) is 3. The van der Waals surface area contributed by atoms with Gasteiger partial charge in [0, 0.05) is 17.5 Å². The number of aromatic amines is 1. The Morgan fingerprint density at radius 3 is 2.47 bits per heavy atom. The Morgan fingerprint density at radius 1 is 1.32 bits per heavy atom. The van der Waals surface area contributed by atoms with E-state index in [1.165, 1.54) is 0 Å². The fourth-order valence-corrected chi connectivity index (χ4v) is 2.21. The molecular weight excluding hydrogens is 242 g/mol. The van der Waals surface area contributed by atoms with Gasteiger partial charge in [-0.15, -0.1) is 5.10 Å². The third-order valence-electron chi connectivity index (χ3n) is 3.51. The van der Waals surface area contributed by atoms with Gasteiger partial charge in [0.15, 0.2) is 0 Å². The molecule has 1 aliphatic carbocycles. The molecule has 6 heteroatoms. The number of aromatic nitrogens is 3. The van der Waals surface area contributed by atoms with E-state index in [4.69, 9.17) is 5.73 Å². The summed E-state index contributed by atoms with van der Waals surface area (Å²) in [5.74, 6) is 0.746. The van der Waals surface area contributed by atoms with Gasteiger partial charge in [-0.1, -0.05) is 20.8 Å². The van der Waals surface area contributed by atoms with Gasteiger partial charge in [-0.05, 0) is 25.7 Å². The van der Waals surface area contributed by atoms with Crippen molar-refractivity contribution in [2.24, 2.45) is 5.73 Å². The number of carbonyl (C=O) groups excluding carboxylic acids is 1. The van der Waals surface area contributed by atoms with E-state index < -0.39 is 0 Å². The molecule has 0 saturated heterocycles. The van der Waals surface area contributed by atoms with Crippen LogP contribution in [0.1, 0.15) is 62.9 Å². The molecule has 0 aliphatic heterocycles. The van der Waals surface area contributed by atoms with Gasteiger partial charge in [0.2, 0.25) is 5.82 Å². The summed E-state index contributed by atoms with van der Waals surface area (Å²) < 4.78 is 0. The average molecular weight is 265 g/mol. The molecule has 6 nitrogen and oxygen atoms in total. The summed E-state index contributed by atoms with van der Waals surface area (Å²) in [5, 5.41) is 9.80. The van der Waals surface area contributed by atoms with E-state index >= 15 is 0 Å². The number of amides is 1. The molecule has 0 aromatic carbocycles. The first-order valence-corrected chi connectivity index (χ1v) is 6.85. The molecule has 1 amide bonds. The lowest BCUT2D eigenvalue weighted by molar-refractivity contribution is 0.0915. The second-order valence-electron chi connectivity index (χ2n) is 6.34. The summed E-state index contributed by atoms with van der Waals surface area (Å²) in [6, 6.07) is 0.480. The van der Waals surface area contributed by atoms with Crippen molar-refractivity contribution in [3.63, 3.8) is 0 Å². The molecule has 106 valence electrons. The molecule has 4 N–H and O–H groups in total. The molecule has 1 saturated carbocycles. The van der Waals surface area contributed by atoms with Crippen LogP contribution in [0.3, 0.4) is 0 Å². The Morgan fingerprint density at radius 2 is 1.95 bits per heavy atom. The third-order valence-corrected chi connectivity index (χ3v) is 3.51. The zero-order chi connectivity index (χ0) is 14.0. The van der Waals surface area contributed by atoms with Gasteiger partial charge >= 0.3 is 0 Å². The highest BCUT2D eigenvalue weighted by Gasteiger charge is 2.24. The average Bonchev–Trinajstić information content (AvgIpc) is 2.81. The summed E-state index contributed by atoms with van der Waals surface area (Å²) in [7, 11) is 0. The highest BCUT2D eigenvalue weighted by Crippen LogP contribution is 2.19. The third kappa shape index (κ3) is 3.53. The Kier molecular flexibility index (Phi) is 3.89. The summed E-state index contributed by atoms with van der Waals surface area (Å²) in [4.78, 5) is 16.3. The topological polar surface area (TPSA) is 96.7 Å². The Hall–Kier alpha value is -1.43. The molecule has 1 fully saturated rings. The quantitative estimate of drug-likeness (QED) is 0.746. The lowest BCUT2D eigenvalue weighted by atomic mass is 9.92. The Balaban J connectivity index is 1.95. The SMILES string of the molecule is CC(C)(C)c1nc(C(=O)NC2CCC(N)CC2)n[nH]1. The van der Waals surface area contributed by atoms with Crippen molar-refractivity contribution in [1.29, 1.82) is 0 Å².